The maximum atomic E-state index is 13.2. The highest BCUT2D eigenvalue weighted by Crippen LogP contribution is 2.25. The molecule has 32 heavy (non-hydrogen) atoms. The standard InChI is InChI=1S/C24H27N3O3S2/c1-17-9-10-18(2)21(15-17)32(29,30)27-13-11-26(12-14-27)24(28)23-19(3)25-22(31-23)16-20-7-5-4-6-8-20/h4-10,15H,11-14,16H2,1-3H3. The number of carbonyl (C=O) groups is 1. The van der Waals surface area contributed by atoms with Gasteiger partial charge < -0.3 is 4.90 Å². The summed E-state index contributed by atoms with van der Waals surface area (Å²) in [5.74, 6) is -0.0666. The summed E-state index contributed by atoms with van der Waals surface area (Å²) in [6.07, 6.45) is 0.696. The topological polar surface area (TPSA) is 70.6 Å². The number of piperazine rings is 1. The van der Waals surface area contributed by atoms with Gasteiger partial charge in [-0.05, 0) is 43.5 Å². The number of carbonyl (C=O) groups excluding carboxylic acids is 1. The monoisotopic (exact) mass is 469 g/mol. The quantitative estimate of drug-likeness (QED) is 0.570. The molecule has 6 nitrogen and oxygen atoms in total. The van der Waals surface area contributed by atoms with Crippen LogP contribution in [0.25, 0.3) is 0 Å². The summed E-state index contributed by atoms with van der Waals surface area (Å²) in [5.41, 5.74) is 3.54. The van der Waals surface area contributed by atoms with E-state index in [1.807, 2.05) is 63.2 Å². The molecule has 4 rings (SSSR count). The number of rotatable bonds is 5. The summed E-state index contributed by atoms with van der Waals surface area (Å²) in [6.45, 7) is 6.87. The highest BCUT2D eigenvalue weighted by atomic mass is 32.2. The van der Waals surface area contributed by atoms with Gasteiger partial charge in [-0.15, -0.1) is 11.3 Å². The maximum Gasteiger partial charge on any atom is 0.265 e. The second-order valence-electron chi connectivity index (χ2n) is 8.15. The number of benzene rings is 2. The van der Waals surface area contributed by atoms with Crippen LogP contribution in [-0.4, -0.2) is 54.7 Å². The number of aryl methyl sites for hydroxylation is 3. The molecule has 1 aliphatic rings. The molecular formula is C24H27N3O3S2. The molecule has 0 N–H and O–H groups in total. The minimum absolute atomic E-state index is 0.0666. The number of nitrogens with zero attached hydrogens (tertiary/aromatic N) is 3. The lowest BCUT2D eigenvalue weighted by Crippen LogP contribution is -2.50. The third-order valence-corrected chi connectivity index (χ3v) is 8.91. The van der Waals surface area contributed by atoms with Crippen molar-refractivity contribution < 1.29 is 13.2 Å². The van der Waals surface area contributed by atoms with Crippen LogP contribution in [0.15, 0.2) is 53.4 Å². The maximum absolute atomic E-state index is 13.2. The Morgan fingerprint density at radius 2 is 1.69 bits per heavy atom. The molecule has 0 saturated carbocycles. The number of hydrogen-bond donors (Lipinski definition) is 0. The van der Waals surface area contributed by atoms with Gasteiger partial charge in [0.2, 0.25) is 10.0 Å². The van der Waals surface area contributed by atoms with Crippen LogP contribution in [-0.2, 0) is 16.4 Å². The zero-order chi connectivity index (χ0) is 22.9. The predicted octanol–water partition coefficient (Wildman–Crippen LogP) is 3.81. The number of sulfonamides is 1. The minimum Gasteiger partial charge on any atom is -0.335 e. The molecule has 168 valence electrons. The van der Waals surface area contributed by atoms with Crippen LogP contribution in [0.5, 0.6) is 0 Å². The summed E-state index contributed by atoms with van der Waals surface area (Å²) < 4.78 is 27.8. The van der Waals surface area contributed by atoms with Gasteiger partial charge in [0.05, 0.1) is 15.6 Å². The van der Waals surface area contributed by atoms with E-state index in [1.165, 1.54) is 15.6 Å². The van der Waals surface area contributed by atoms with Gasteiger partial charge >= 0.3 is 0 Å². The zero-order valence-corrected chi connectivity index (χ0v) is 20.2. The molecule has 0 spiro atoms. The van der Waals surface area contributed by atoms with Gasteiger partial charge in [0, 0.05) is 32.6 Å². The molecule has 0 atom stereocenters. The van der Waals surface area contributed by atoms with E-state index in [-0.39, 0.29) is 19.0 Å². The second-order valence-corrected chi connectivity index (χ2v) is 11.1. The van der Waals surface area contributed by atoms with Crippen LogP contribution in [0.3, 0.4) is 0 Å². The first-order valence-corrected chi connectivity index (χ1v) is 12.9. The zero-order valence-electron chi connectivity index (χ0n) is 18.5. The van der Waals surface area contributed by atoms with Gasteiger partial charge in [0.25, 0.3) is 5.91 Å². The van der Waals surface area contributed by atoms with E-state index in [9.17, 15) is 13.2 Å². The van der Waals surface area contributed by atoms with E-state index in [2.05, 4.69) is 4.98 Å². The van der Waals surface area contributed by atoms with Gasteiger partial charge in [0.15, 0.2) is 0 Å². The Morgan fingerprint density at radius 1 is 1.00 bits per heavy atom. The molecule has 0 radical (unpaired) electrons. The molecule has 8 heteroatoms. The Morgan fingerprint density at radius 3 is 2.38 bits per heavy atom. The molecule has 1 amide bonds. The lowest BCUT2D eigenvalue weighted by molar-refractivity contribution is 0.0702. The lowest BCUT2D eigenvalue weighted by atomic mass is 10.2. The van der Waals surface area contributed by atoms with E-state index in [4.69, 9.17) is 0 Å². The Balaban J connectivity index is 1.44. The van der Waals surface area contributed by atoms with Crippen molar-refractivity contribution in [2.45, 2.75) is 32.1 Å². The Hall–Kier alpha value is -2.55. The van der Waals surface area contributed by atoms with Crippen molar-refractivity contribution in [1.82, 2.24) is 14.2 Å². The van der Waals surface area contributed by atoms with Gasteiger partial charge in [-0.3, -0.25) is 4.79 Å². The number of thiazole rings is 1. The highest BCUT2D eigenvalue weighted by molar-refractivity contribution is 7.89. The van der Waals surface area contributed by atoms with E-state index in [0.29, 0.717) is 29.3 Å². The minimum atomic E-state index is -3.58. The van der Waals surface area contributed by atoms with Gasteiger partial charge in [0.1, 0.15) is 4.88 Å². The van der Waals surface area contributed by atoms with Gasteiger partial charge in [-0.25, -0.2) is 13.4 Å². The molecule has 0 bridgehead atoms. The first-order valence-electron chi connectivity index (χ1n) is 10.6. The molecule has 3 aromatic rings. The number of hydrogen-bond acceptors (Lipinski definition) is 5. The van der Waals surface area contributed by atoms with E-state index >= 15 is 0 Å². The molecule has 0 aliphatic carbocycles. The van der Waals surface area contributed by atoms with Crippen LogP contribution in [0, 0.1) is 20.8 Å². The van der Waals surface area contributed by atoms with Crippen LogP contribution < -0.4 is 0 Å². The van der Waals surface area contributed by atoms with Crippen molar-refractivity contribution in [3.63, 3.8) is 0 Å². The average Bonchev–Trinajstić information content (AvgIpc) is 3.15. The third kappa shape index (κ3) is 4.62. The van der Waals surface area contributed by atoms with Crippen molar-refractivity contribution in [1.29, 1.82) is 0 Å². The normalized spacial score (nSPS) is 15.2. The van der Waals surface area contributed by atoms with Gasteiger partial charge in [-0.1, -0.05) is 42.5 Å². The fourth-order valence-corrected chi connectivity index (χ4v) is 6.69. The van der Waals surface area contributed by atoms with Gasteiger partial charge in [-0.2, -0.15) is 4.31 Å². The summed E-state index contributed by atoms with van der Waals surface area (Å²) in [5, 5.41) is 0.910. The summed E-state index contributed by atoms with van der Waals surface area (Å²) in [7, 11) is -3.58. The van der Waals surface area contributed by atoms with Crippen molar-refractivity contribution in [3.05, 3.63) is 80.8 Å². The van der Waals surface area contributed by atoms with Crippen molar-refractivity contribution in [2.24, 2.45) is 0 Å². The van der Waals surface area contributed by atoms with Crippen molar-refractivity contribution in [3.8, 4) is 0 Å². The molecule has 1 aliphatic heterocycles. The van der Waals surface area contributed by atoms with Crippen molar-refractivity contribution in [2.75, 3.05) is 26.2 Å². The van der Waals surface area contributed by atoms with E-state index in [0.717, 1.165) is 27.4 Å². The average molecular weight is 470 g/mol. The molecule has 1 fully saturated rings. The fraction of sp³-hybridized carbons (Fsp3) is 0.333. The SMILES string of the molecule is Cc1ccc(C)c(S(=O)(=O)N2CCN(C(=O)c3sc(Cc4ccccc4)nc3C)CC2)c1. The summed E-state index contributed by atoms with van der Waals surface area (Å²) in [4.78, 5) is 20.5. The Bertz CT molecular complexity index is 1230. The molecule has 1 saturated heterocycles. The first-order chi connectivity index (χ1) is 15.3. The number of amides is 1. The largest absolute Gasteiger partial charge is 0.335 e. The van der Waals surface area contributed by atoms with Crippen LogP contribution in [0.4, 0.5) is 0 Å². The Kier molecular flexibility index (Phi) is 6.46. The lowest BCUT2D eigenvalue weighted by Gasteiger charge is -2.34. The fourth-order valence-electron chi connectivity index (χ4n) is 3.90. The second kappa shape index (κ2) is 9.13. The smallest absolute Gasteiger partial charge is 0.265 e. The molecule has 2 aromatic carbocycles. The summed E-state index contributed by atoms with van der Waals surface area (Å²) in [6, 6.07) is 15.5. The van der Waals surface area contributed by atoms with Crippen LogP contribution in [0.1, 0.15) is 37.1 Å². The van der Waals surface area contributed by atoms with E-state index in [1.54, 1.807) is 11.0 Å². The third-order valence-electron chi connectivity index (χ3n) is 5.72. The van der Waals surface area contributed by atoms with E-state index < -0.39 is 10.0 Å². The molecule has 1 aromatic heterocycles. The number of aromatic nitrogens is 1. The van der Waals surface area contributed by atoms with Crippen LogP contribution >= 0.6 is 11.3 Å². The Labute approximate surface area is 193 Å². The predicted molar refractivity (Wildman–Crippen MR) is 127 cm³/mol. The summed E-state index contributed by atoms with van der Waals surface area (Å²) >= 11 is 1.43. The highest BCUT2D eigenvalue weighted by Gasteiger charge is 2.32. The van der Waals surface area contributed by atoms with Crippen molar-refractivity contribution >= 4 is 27.3 Å². The molecule has 0 unspecified atom stereocenters. The van der Waals surface area contributed by atoms with Crippen LogP contribution in [0.2, 0.25) is 0 Å². The molecule has 2 heterocycles. The first kappa shape index (κ1) is 22.6. The molecular weight excluding hydrogens is 442 g/mol.